The Hall–Kier alpha value is -1.35. The molecule has 0 saturated heterocycles. The second-order valence-corrected chi connectivity index (χ2v) is 3.01. The molecule has 0 aromatic heterocycles. The van der Waals surface area contributed by atoms with Gasteiger partial charge in [-0.15, -0.1) is 0 Å². The summed E-state index contributed by atoms with van der Waals surface area (Å²) in [6, 6.07) is 7.32. The highest BCUT2D eigenvalue weighted by Gasteiger charge is 2.12. The van der Waals surface area contributed by atoms with Gasteiger partial charge in [0, 0.05) is 6.54 Å². The van der Waals surface area contributed by atoms with Crippen LogP contribution in [-0.2, 0) is 11.3 Å². The monoisotopic (exact) mass is 179 g/mol. The molecule has 0 fully saturated rings. The molecule has 0 radical (unpaired) electrons. The van der Waals surface area contributed by atoms with Crippen molar-refractivity contribution in [3.05, 3.63) is 35.4 Å². The lowest BCUT2D eigenvalue weighted by atomic mass is 10.0. The summed E-state index contributed by atoms with van der Waals surface area (Å²) in [4.78, 5) is 10.6. The van der Waals surface area contributed by atoms with Crippen LogP contribution in [0.5, 0.6) is 0 Å². The molecule has 0 spiro atoms. The fourth-order valence-electron chi connectivity index (χ4n) is 1.08. The lowest BCUT2D eigenvalue weighted by molar-refractivity contribution is -0.138. The Labute approximate surface area is 77.2 Å². The first-order valence-corrected chi connectivity index (χ1v) is 4.17. The van der Waals surface area contributed by atoms with Crippen LogP contribution < -0.4 is 5.73 Å². The molecule has 0 aliphatic rings. The zero-order chi connectivity index (χ0) is 9.84. The number of carboxylic acids is 1. The van der Waals surface area contributed by atoms with E-state index in [0.29, 0.717) is 6.54 Å². The minimum atomic E-state index is -0.805. The van der Waals surface area contributed by atoms with E-state index in [1.807, 2.05) is 12.1 Å². The predicted molar refractivity (Wildman–Crippen MR) is 50.4 cm³/mol. The van der Waals surface area contributed by atoms with E-state index in [-0.39, 0.29) is 0 Å². The highest BCUT2D eigenvalue weighted by Crippen LogP contribution is 2.15. The summed E-state index contributed by atoms with van der Waals surface area (Å²) in [5, 5.41) is 8.74. The number of nitrogens with two attached hydrogens (primary N) is 1. The minimum absolute atomic E-state index is 0.452. The third kappa shape index (κ3) is 2.29. The summed E-state index contributed by atoms with van der Waals surface area (Å²) in [6.07, 6.45) is 0. The molecule has 0 amide bonds. The molecule has 3 nitrogen and oxygen atoms in total. The van der Waals surface area contributed by atoms with Gasteiger partial charge >= 0.3 is 5.97 Å². The molecule has 0 unspecified atom stereocenters. The van der Waals surface area contributed by atoms with Gasteiger partial charge in [-0.3, -0.25) is 4.79 Å². The van der Waals surface area contributed by atoms with Crippen molar-refractivity contribution in [2.75, 3.05) is 0 Å². The van der Waals surface area contributed by atoms with Crippen LogP contribution in [0, 0.1) is 0 Å². The molecule has 1 atom stereocenters. The number of rotatable bonds is 3. The largest absolute Gasteiger partial charge is 0.481 e. The maximum Gasteiger partial charge on any atom is 0.310 e. The molecule has 0 heterocycles. The maximum absolute atomic E-state index is 10.6. The molecule has 0 aliphatic heterocycles. The smallest absolute Gasteiger partial charge is 0.310 e. The Morgan fingerprint density at radius 1 is 1.46 bits per heavy atom. The summed E-state index contributed by atoms with van der Waals surface area (Å²) in [6.45, 7) is 2.15. The van der Waals surface area contributed by atoms with Gasteiger partial charge < -0.3 is 10.8 Å². The Balaban J connectivity index is 2.85. The van der Waals surface area contributed by atoms with E-state index in [9.17, 15) is 4.79 Å². The van der Waals surface area contributed by atoms with Crippen molar-refractivity contribution in [1.29, 1.82) is 0 Å². The quantitative estimate of drug-likeness (QED) is 0.735. The molecule has 0 aliphatic carbocycles. The van der Waals surface area contributed by atoms with E-state index in [1.54, 1.807) is 19.1 Å². The second kappa shape index (κ2) is 4.05. The molecular formula is C10H13NO2. The Kier molecular flexibility index (Phi) is 3.03. The first-order valence-electron chi connectivity index (χ1n) is 4.17. The number of hydrogen-bond donors (Lipinski definition) is 2. The number of carboxylic acid groups (broad SMARTS) is 1. The number of hydrogen-bond acceptors (Lipinski definition) is 2. The van der Waals surface area contributed by atoms with E-state index in [2.05, 4.69) is 0 Å². The fraction of sp³-hybridized carbons (Fsp3) is 0.300. The van der Waals surface area contributed by atoms with Gasteiger partial charge in [0.15, 0.2) is 0 Å². The van der Waals surface area contributed by atoms with E-state index in [1.165, 1.54) is 0 Å². The summed E-state index contributed by atoms with van der Waals surface area (Å²) >= 11 is 0. The molecule has 1 rings (SSSR count). The minimum Gasteiger partial charge on any atom is -0.481 e. The van der Waals surface area contributed by atoms with E-state index >= 15 is 0 Å². The van der Waals surface area contributed by atoms with Gasteiger partial charge in [0.1, 0.15) is 0 Å². The molecule has 70 valence electrons. The SMILES string of the molecule is C[C@@H](C(=O)O)c1ccc(CN)cc1. The summed E-state index contributed by atoms with van der Waals surface area (Å²) in [5.41, 5.74) is 7.24. The van der Waals surface area contributed by atoms with Gasteiger partial charge in [-0.2, -0.15) is 0 Å². The summed E-state index contributed by atoms with van der Waals surface area (Å²) in [5.74, 6) is -1.26. The molecule has 1 aromatic rings. The zero-order valence-electron chi connectivity index (χ0n) is 7.53. The Morgan fingerprint density at radius 3 is 2.38 bits per heavy atom. The van der Waals surface area contributed by atoms with Crippen LogP contribution in [0.3, 0.4) is 0 Å². The van der Waals surface area contributed by atoms with Gasteiger partial charge in [-0.05, 0) is 18.1 Å². The van der Waals surface area contributed by atoms with Gasteiger partial charge in [-0.25, -0.2) is 0 Å². The van der Waals surface area contributed by atoms with Crippen LogP contribution in [0.25, 0.3) is 0 Å². The predicted octanol–water partition coefficient (Wildman–Crippen LogP) is 1.33. The molecular weight excluding hydrogens is 166 g/mol. The van der Waals surface area contributed by atoms with E-state index in [0.717, 1.165) is 11.1 Å². The standard InChI is InChI=1S/C10H13NO2/c1-7(10(12)13)9-4-2-8(6-11)3-5-9/h2-5,7H,6,11H2,1H3,(H,12,13)/t7-/m1/s1. The summed E-state index contributed by atoms with van der Waals surface area (Å²) < 4.78 is 0. The van der Waals surface area contributed by atoms with Crippen LogP contribution in [-0.4, -0.2) is 11.1 Å². The van der Waals surface area contributed by atoms with Crippen LogP contribution in [0.1, 0.15) is 24.0 Å². The highest BCUT2D eigenvalue weighted by atomic mass is 16.4. The van der Waals surface area contributed by atoms with Crippen molar-refractivity contribution >= 4 is 5.97 Å². The number of benzene rings is 1. The van der Waals surface area contributed by atoms with Crippen molar-refractivity contribution in [1.82, 2.24) is 0 Å². The molecule has 0 bridgehead atoms. The van der Waals surface area contributed by atoms with Crippen molar-refractivity contribution in [3.63, 3.8) is 0 Å². The average molecular weight is 179 g/mol. The van der Waals surface area contributed by atoms with Crippen LogP contribution in [0.2, 0.25) is 0 Å². The van der Waals surface area contributed by atoms with Crippen LogP contribution >= 0.6 is 0 Å². The topological polar surface area (TPSA) is 63.3 Å². The van der Waals surface area contributed by atoms with E-state index in [4.69, 9.17) is 10.8 Å². The maximum atomic E-state index is 10.6. The van der Waals surface area contributed by atoms with Crippen LogP contribution in [0.15, 0.2) is 24.3 Å². The van der Waals surface area contributed by atoms with Crippen molar-refractivity contribution in [2.24, 2.45) is 5.73 Å². The molecule has 1 aromatic carbocycles. The van der Waals surface area contributed by atoms with Gasteiger partial charge in [0.25, 0.3) is 0 Å². The fourth-order valence-corrected chi connectivity index (χ4v) is 1.08. The van der Waals surface area contributed by atoms with Crippen molar-refractivity contribution in [2.45, 2.75) is 19.4 Å². The van der Waals surface area contributed by atoms with Crippen molar-refractivity contribution in [3.8, 4) is 0 Å². The first kappa shape index (κ1) is 9.74. The zero-order valence-corrected chi connectivity index (χ0v) is 7.53. The molecule has 3 N–H and O–H groups in total. The normalized spacial score (nSPS) is 12.5. The number of aliphatic carboxylic acids is 1. The highest BCUT2D eigenvalue weighted by molar-refractivity contribution is 5.75. The summed E-state index contributed by atoms with van der Waals surface area (Å²) in [7, 11) is 0. The molecule has 13 heavy (non-hydrogen) atoms. The van der Waals surface area contributed by atoms with Crippen molar-refractivity contribution < 1.29 is 9.90 Å². The molecule has 0 saturated carbocycles. The second-order valence-electron chi connectivity index (χ2n) is 3.01. The molecule has 3 heteroatoms. The number of carbonyl (C=O) groups is 1. The van der Waals surface area contributed by atoms with Gasteiger partial charge in [-0.1, -0.05) is 24.3 Å². The van der Waals surface area contributed by atoms with Gasteiger partial charge in [0.05, 0.1) is 5.92 Å². The lowest BCUT2D eigenvalue weighted by Gasteiger charge is -2.06. The lowest BCUT2D eigenvalue weighted by Crippen LogP contribution is -2.07. The first-order chi connectivity index (χ1) is 6.15. The Morgan fingerprint density at radius 2 is 2.00 bits per heavy atom. The van der Waals surface area contributed by atoms with Gasteiger partial charge in [0.2, 0.25) is 0 Å². The third-order valence-corrected chi connectivity index (χ3v) is 2.09. The average Bonchev–Trinajstić information content (AvgIpc) is 2.17. The van der Waals surface area contributed by atoms with Crippen LogP contribution in [0.4, 0.5) is 0 Å². The van der Waals surface area contributed by atoms with E-state index < -0.39 is 11.9 Å². The third-order valence-electron chi connectivity index (χ3n) is 2.09. The Bertz CT molecular complexity index is 292.